The summed E-state index contributed by atoms with van der Waals surface area (Å²) in [4.78, 5) is 22.6. The Morgan fingerprint density at radius 1 is 1.25 bits per heavy atom. The van der Waals surface area contributed by atoms with Gasteiger partial charge in [0, 0.05) is 18.3 Å². The van der Waals surface area contributed by atoms with E-state index in [0.29, 0.717) is 5.56 Å². The van der Waals surface area contributed by atoms with Crippen LogP contribution in [0.25, 0.3) is 0 Å². The number of imide groups is 1. The normalized spacial score (nSPS) is 19.4. The first-order valence-corrected chi connectivity index (χ1v) is 5.08. The third-order valence-corrected chi connectivity index (χ3v) is 2.90. The average molecular weight is 221 g/mol. The summed E-state index contributed by atoms with van der Waals surface area (Å²) in [5.74, 6) is -0.955. The van der Waals surface area contributed by atoms with Gasteiger partial charge in [0.15, 0.2) is 0 Å². The topological polar surface area (TPSA) is 46.2 Å². The third-order valence-electron chi connectivity index (χ3n) is 2.90. The zero-order valence-corrected chi connectivity index (χ0v) is 8.92. The molecule has 0 radical (unpaired) electrons. The number of carbonyl (C=O) groups excluding carboxylic acids is 2. The summed E-state index contributed by atoms with van der Waals surface area (Å²) in [5, 5.41) is 2.25. The lowest BCUT2D eigenvalue weighted by atomic mass is 9.74. The van der Waals surface area contributed by atoms with Gasteiger partial charge >= 0.3 is 0 Å². The molecule has 1 aliphatic heterocycles. The van der Waals surface area contributed by atoms with Crippen LogP contribution in [0.4, 0.5) is 4.39 Å². The number of amides is 2. The summed E-state index contributed by atoms with van der Waals surface area (Å²) >= 11 is 0. The van der Waals surface area contributed by atoms with E-state index in [2.05, 4.69) is 5.32 Å². The van der Waals surface area contributed by atoms with Gasteiger partial charge in [0.25, 0.3) is 0 Å². The molecule has 0 aliphatic carbocycles. The number of hydrogen-bond donors (Lipinski definition) is 1. The molecule has 0 atom stereocenters. The van der Waals surface area contributed by atoms with Crippen molar-refractivity contribution in [1.82, 2.24) is 5.32 Å². The molecule has 1 aliphatic rings. The first-order valence-electron chi connectivity index (χ1n) is 5.08. The lowest BCUT2D eigenvalue weighted by Crippen LogP contribution is -2.45. The van der Waals surface area contributed by atoms with Crippen LogP contribution in [-0.4, -0.2) is 11.8 Å². The van der Waals surface area contributed by atoms with Gasteiger partial charge in [0.2, 0.25) is 11.8 Å². The number of rotatable bonds is 1. The first kappa shape index (κ1) is 10.8. The molecule has 0 unspecified atom stereocenters. The van der Waals surface area contributed by atoms with Crippen molar-refractivity contribution in [2.24, 2.45) is 0 Å². The maximum atomic E-state index is 13.1. The van der Waals surface area contributed by atoms with Gasteiger partial charge in [0.05, 0.1) is 0 Å². The van der Waals surface area contributed by atoms with Crippen LogP contribution in [-0.2, 0) is 15.0 Å². The summed E-state index contributed by atoms with van der Waals surface area (Å²) in [6.07, 6.45) is 0.421. The first-order chi connectivity index (χ1) is 7.49. The Morgan fingerprint density at radius 2 is 1.88 bits per heavy atom. The Labute approximate surface area is 92.7 Å². The van der Waals surface area contributed by atoms with Crippen LogP contribution >= 0.6 is 0 Å². The third kappa shape index (κ3) is 1.96. The summed E-state index contributed by atoms with van der Waals surface area (Å²) in [6, 6.07) is 6.06. The van der Waals surface area contributed by atoms with Crippen LogP contribution in [0.15, 0.2) is 24.3 Å². The Morgan fingerprint density at radius 3 is 2.44 bits per heavy atom. The molecule has 1 aromatic rings. The van der Waals surface area contributed by atoms with E-state index < -0.39 is 5.41 Å². The molecule has 1 N–H and O–H groups in total. The van der Waals surface area contributed by atoms with E-state index in [-0.39, 0.29) is 30.5 Å². The number of carbonyl (C=O) groups is 2. The SMILES string of the molecule is CC1(c2cccc(F)c2)CC(=O)NC(=O)C1. The molecule has 0 spiro atoms. The van der Waals surface area contributed by atoms with Gasteiger partial charge in [-0.05, 0) is 17.7 Å². The fourth-order valence-electron chi connectivity index (χ4n) is 2.08. The molecule has 16 heavy (non-hydrogen) atoms. The quantitative estimate of drug-likeness (QED) is 0.731. The molecule has 1 saturated heterocycles. The van der Waals surface area contributed by atoms with Crippen molar-refractivity contribution in [2.45, 2.75) is 25.2 Å². The lowest BCUT2D eigenvalue weighted by molar-refractivity contribution is -0.135. The minimum atomic E-state index is -0.596. The van der Waals surface area contributed by atoms with Crippen LogP contribution in [0.3, 0.4) is 0 Å². The highest BCUT2D eigenvalue weighted by atomic mass is 19.1. The summed E-state index contributed by atoms with van der Waals surface area (Å²) in [6.45, 7) is 1.80. The molecule has 84 valence electrons. The second-order valence-electron chi connectivity index (χ2n) is 4.40. The largest absolute Gasteiger partial charge is 0.296 e. The molecule has 0 saturated carbocycles. The van der Waals surface area contributed by atoms with Gasteiger partial charge in [-0.25, -0.2) is 4.39 Å². The zero-order valence-electron chi connectivity index (χ0n) is 8.92. The van der Waals surface area contributed by atoms with Gasteiger partial charge in [-0.1, -0.05) is 19.1 Å². The van der Waals surface area contributed by atoms with Crippen LogP contribution in [0.5, 0.6) is 0 Å². The molecule has 1 fully saturated rings. The van der Waals surface area contributed by atoms with E-state index in [4.69, 9.17) is 0 Å². The second kappa shape index (κ2) is 3.70. The van der Waals surface area contributed by atoms with Crippen molar-refractivity contribution in [3.63, 3.8) is 0 Å². The highest BCUT2D eigenvalue weighted by Gasteiger charge is 2.37. The average Bonchev–Trinajstić information content (AvgIpc) is 2.15. The van der Waals surface area contributed by atoms with Crippen LogP contribution < -0.4 is 5.32 Å². The molecule has 2 rings (SSSR count). The van der Waals surface area contributed by atoms with E-state index in [1.54, 1.807) is 19.1 Å². The molecule has 1 heterocycles. The Hall–Kier alpha value is -1.71. The highest BCUT2D eigenvalue weighted by molar-refractivity contribution is 5.99. The predicted octanol–water partition coefficient (Wildman–Crippen LogP) is 1.52. The Kier molecular flexibility index (Phi) is 2.50. The molecule has 0 bridgehead atoms. The summed E-state index contributed by atoms with van der Waals surface area (Å²) in [7, 11) is 0. The van der Waals surface area contributed by atoms with E-state index in [9.17, 15) is 14.0 Å². The predicted molar refractivity (Wildman–Crippen MR) is 56.1 cm³/mol. The fraction of sp³-hybridized carbons (Fsp3) is 0.333. The summed E-state index contributed by atoms with van der Waals surface area (Å²) < 4.78 is 13.1. The highest BCUT2D eigenvalue weighted by Crippen LogP contribution is 2.33. The molecular weight excluding hydrogens is 209 g/mol. The Balaban J connectivity index is 2.37. The van der Waals surface area contributed by atoms with Crippen LogP contribution in [0.2, 0.25) is 0 Å². The molecular formula is C12H12FNO2. The second-order valence-corrected chi connectivity index (χ2v) is 4.40. The number of piperidine rings is 1. The molecule has 4 heteroatoms. The van der Waals surface area contributed by atoms with Crippen LogP contribution in [0, 0.1) is 5.82 Å². The van der Waals surface area contributed by atoms with Gasteiger partial charge in [0.1, 0.15) is 5.82 Å². The minimum absolute atomic E-state index is 0.211. The van der Waals surface area contributed by atoms with Crippen molar-refractivity contribution in [3.05, 3.63) is 35.6 Å². The fourth-order valence-corrected chi connectivity index (χ4v) is 2.08. The van der Waals surface area contributed by atoms with Gasteiger partial charge < -0.3 is 0 Å². The maximum absolute atomic E-state index is 13.1. The minimum Gasteiger partial charge on any atom is -0.296 e. The Bertz CT molecular complexity index is 440. The number of benzene rings is 1. The van der Waals surface area contributed by atoms with Crippen molar-refractivity contribution in [2.75, 3.05) is 0 Å². The van der Waals surface area contributed by atoms with Crippen molar-refractivity contribution < 1.29 is 14.0 Å². The molecule has 3 nitrogen and oxygen atoms in total. The maximum Gasteiger partial charge on any atom is 0.227 e. The lowest BCUT2D eigenvalue weighted by Gasteiger charge is -2.32. The molecule has 2 amide bonds. The number of hydrogen-bond acceptors (Lipinski definition) is 2. The summed E-state index contributed by atoms with van der Waals surface area (Å²) in [5.41, 5.74) is 0.0947. The number of nitrogens with one attached hydrogen (secondary N) is 1. The standard InChI is InChI=1S/C12H12FNO2/c1-12(6-10(15)14-11(16)7-12)8-3-2-4-9(13)5-8/h2-5H,6-7H2,1H3,(H,14,15,16). The van der Waals surface area contributed by atoms with E-state index in [1.807, 2.05) is 0 Å². The van der Waals surface area contributed by atoms with Gasteiger partial charge in [-0.3, -0.25) is 14.9 Å². The molecule has 1 aromatic carbocycles. The van der Waals surface area contributed by atoms with Crippen molar-refractivity contribution in [1.29, 1.82) is 0 Å². The van der Waals surface area contributed by atoms with E-state index in [1.165, 1.54) is 12.1 Å². The van der Waals surface area contributed by atoms with E-state index in [0.717, 1.165) is 0 Å². The smallest absolute Gasteiger partial charge is 0.227 e. The van der Waals surface area contributed by atoms with Gasteiger partial charge in [-0.15, -0.1) is 0 Å². The van der Waals surface area contributed by atoms with Crippen molar-refractivity contribution in [3.8, 4) is 0 Å². The molecule has 0 aromatic heterocycles. The van der Waals surface area contributed by atoms with Gasteiger partial charge in [-0.2, -0.15) is 0 Å². The zero-order chi connectivity index (χ0) is 11.8. The van der Waals surface area contributed by atoms with Crippen LogP contribution in [0.1, 0.15) is 25.3 Å². The van der Waals surface area contributed by atoms with Crippen molar-refractivity contribution >= 4 is 11.8 Å². The number of halogens is 1. The monoisotopic (exact) mass is 221 g/mol. The van der Waals surface area contributed by atoms with E-state index >= 15 is 0 Å².